The molecule has 0 unspecified atom stereocenters. The van der Waals surface area contributed by atoms with Gasteiger partial charge in [0.25, 0.3) is 0 Å². The number of nitrogens with zero attached hydrogens (tertiary/aromatic N) is 3. The summed E-state index contributed by atoms with van der Waals surface area (Å²) < 4.78 is 44.6. The molecule has 2 aromatic carbocycles. The van der Waals surface area contributed by atoms with E-state index < -0.39 is 10.0 Å². The van der Waals surface area contributed by atoms with Crippen LogP contribution in [-0.4, -0.2) is 50.9 Å². The van der Waals surface area contributed by atoms with E-state index in [1.807, 2.05) is 0 Å². The lowest BCUT2D eigenvalue weighted by Gasteiger charge is -2.32. The number of anilines is 1. The van der Waals surface area contributed by atoms with Crippen molar-refractivity contribution in [3.63, 3.8) is 0 Å². The Kier molecular flexibility index (Phi) is 7.62. The number of amides is 1. The number of thiazole rings is 1. The maximum absolute atomic E-state index is 13.8. The van der Waals surface area contributed by atoms with Crippen LogP contribution < -0.4 is 14.4 Å². The van der Waals surface area contributed by atoms with Gasteiger partial charge in [0, 0.05) is 19.0 Å². The highest BCUT2D eigenvalue weighted by atomic mass is 35.5. The van der Waals surface area contributed by atoms with E-state index >= 15 is 0 Å². The second kappa shape index (κ2) is 10.9. The second-order valence-electron chi connectivity index (χ2n) is 8.78. The van der Waals surface area contributed by atoms with E-state index in [9.17, 15) is 13.2 Å². The van der Waals surface area contributed by atoms with Crippen LogP contribution in [0.4, 0.5) is 5.13 Å². The molecule has 0 radical (unpaired) electrons. The summed E-state index contributed by atoms with van der Waals surface area (Å²) in [6.45, 7) is 0.660. The predicted octanol–water partition coefficient (Wildman–Crippen LogP) is 5.19. The molecule has 0 saturated carbocycles. The number of benzene rings is 2. The molecule has 0 aliphatic carbocycles. The summed E-state index contributed by atoms with van der Waals surface area (Å²) in [5, 5.41) is 0.994. The highest BCUT2D eigenvalue weighted by Gasteiger charge is 2.35. The molecule has 4 aromatic rings. The summed E-state index contributed by atoms with van der Waals surface area (Å²) >= 11 is 7.73. The average Bonchev–Trinajstić information content (AvgIpc) is 3.62. The highest BCUT2D eigenvalue weighted by molar-refractivity contribution is 7.89. The third-order valence-corrected chi connectivity index (χ3v) is 10.0. The van der Waals surface area contributed by atoms with Crippen molar-refractivity contribution in [2.45, 2.75) is 24.3 Å². The molecule has 0 N–H and O–H groups in total. The monoisotopic (exact) mass is 575 g/mol. The number of aromatic nitrogens is 1. The van der Waals surface area contributed by atoms with Crippen molar-refractivity contribution in [2.75, 3.05) is 32.2 Å². The van der Waals surface area contributed by atoms with Gasteiger partial charge in [-0.3, -0.25) is 9.69 Å². The Bertz CT molecular complexity index is 1530. The molecular formula is C26H26ClN3O6S2. The molecule has 0 atom stereocenters. The fourth-order valence-electron chi connectivity index (χ4n) is 4.48. The van der Waals surface area contributed by atoms with Crippen LogP contribution in [0.15, 0.2) is 64.1 Å². The van der Waals surface area contributed by atoms with Crippen molar-refractivity contribution in [1.29, 1.82) is 0 Å². The molecule has 2 aromatic heterocycles. The largest absolute Gasteiger partial charge is 0.497 e. The van der Waals surface area contributed by atoms with E-state index in [0.717, 1.165) is 4.70 Å². The van der Waals surface area contributed by atoms with Gasteiger partial charge < -0.3 is 13.9 Å². The van der Waals surface area contributed by atoms with Crippen LogP contribution in [0.25, 0.3) is 10.2 Å². The average molecular weight is 576 g/mol. The maximum Gasteiger partial charge on any atom is 0.243 e. The number of fused-ring (bicyclic) bond motifs is 1. The molecule has 0 bridgehead atoms. The summed E-state index contributed by atoms with van der Waals surface area (Å²) in [5.74, 6) is 1.23. The van der Waals surface area contributed by atoms with Gasteiger partial charge in [-0.25, -0.2) is 13.4 Å². The first-order valence-corrected chi connectivity index (χ1v) is 14.6. The van der Waals surface area contributed by atoms with E-state index in [4.69, 9.17) is 30.5 Å². The smallest absolute Gasteiger partial charge is 0.243 e. The Balaban J connectivity index is 1.38. The van der Waals surface area contributed by atoms with Crippen molar-refractivity contribution >= 4 is 54.2 Å². The Morgan fingerprint density at radius 1 is 1.13 bits per heavy atom. The van der Waals surface area contributed by atoms with E-state index in [-0.39, 0.29) is 36.4 Å². The quantitative estimate of drug-likeness (QED) is 0.285. The van der Waals surface area contributed by atoms with Gasteiger partial charge in [-0.15, -0.1) is 0 Å². The number of halogens is 1. The lowest BCUT2D eigenvalue weighted by Crippen LogP contribution is -2.44. The van der Waals surface area contributed by atoms with Crippen molar-refractivity contribution in [2.24, 2.45) is 5.92 Å². The molecule has 1 amide bonds. The van der Waals surface area contributed by atoms with E-state index in [2.05, 4.69) is 0 Å². The summed E-state index contributed by atoms with van der Waals surface area (Å²) in [5.41, 5.74) is 0.581. The molecule has 1 aliphatic rings. The minimum atomic E-state index is -3.68. The summed E-state index contributed by atoms with van der Waals surface area (Å²) in [6.07, 6.45) is 2.33. The van der Waals surface area contributed by atoms with Gasteiger partial charge in [0.2, 0.25) is 15.9 Å². The molecule has 9 nitrogen and oxygen atoms in total. The number of sulfonamides is 1. The van der Waals surface area contributed by atoms with Gasteiger partial charge in [-0.05, 0) is 61.4 Å². The van der Waals surface area contributed by atoms with Crippen LogP contribution in [0.3, 0.4) is 0 Å². The molecule has 38 heavy (non-hydrogen) atoms. The third kappa shape index (κ3) is 5.11. The standard InChI is InChI=1S/C26H26ClN3O6S2/c1-34-18-5-7-20(8-6-18)38(32,33)29-13-11-17(12-14-29)25(31)30(16-19-4-3-15-36-19)26-28-23-22(35-2)10-9-21(27)24(23)37-26/h3-10,15,17H,11-14,16H2,1-2H3. The number of carbonyl (C=O) groups is 1. The minimum absolute atomic E-state index is 0.142. The van der Waals surface area contributed by atoms with Crippen molar-refractivity contribution in [1.82, 2.24) is 9.29 Å². The summed E-state index contributed by atoms with van der Waals surface area (Å²) in [4.78, 5) is 20.3. The van der Waals surface area contributed by atoms with Crippen LogP contribution >= 0.6 is 22.9 Å². The Morgan fingerprint density at radius 3 is 2.50 bits per heavy atom. The summed E-state index contributed by atoms with van der Waals surface area (Å²) in [6, 6.07) is 13.3. The van der Waals surface area contributed by atoms with Crippen LogP contribution in [0.1, 0.15) is 18.6 Å². The van der Waals surface area contributed by atoms with Crippen LogP contribution in [0.2, 0.25) is 5.02 Å². The van der Waals surface area contributed by atoms with Crippen molar-refractivity contribution in [3.05, 3.63) is 65.6 Å². The number of rotatable bonds is 8. The maximum atomic E-state index is 13.8. The number of ether oxygens (including phenoxy) is 2. The number of methoxy groups -OCH3 is 2. The van der Waals surface area contributed by atoms with Gasteiger partial charge in [-0.2, -0.15) is 4.31 Å². The zero-order valence-electron chi connectivity index (χ0n) is 20.8. The van der Waals surface area contributed by atoms with Gasteiger partial charge in [0.05, 0.1) is 41.6 Å². The lowest BCUT2D eigenvalue weighted by molar-refractivity contribution is -0.123. The summed E-state index contributed by atoms with van der Waals surface area (Å²) in [7, 11) is -0.596. The first-order chi connectivity index (χ1) is 18.3. The SMILES string of the molecule is COc1ccc(S(=O)(=O)N2CCC(C(=O)N(Cc3ccco3)c3nc4c(OC)ccc(Cl)c4s3)CC2)cc1. The highest BCUT2D eigenvalue weighted by Crippen LogP contribution is 2.40. The Labute approximate surface area is 229 Å². The fraction of sp³-hybridized carbons (Fsp3) is 0.308. The zero-order valence-corrected chi connectivity index (χ0v) is 23.2. The van der Waals surface area contributed by atoms with Crippen LogP contribution in [0.5, 0.6) is 11.5 Å². The predicted molar refractivity (Wildman–Crippen MR) is 146 cm³/mol. The van der Waals surface area contributed by atoms with Gasteiger partial charge in [0.1, 0.15) is 22.8 Å². The second-order valence-corrected chi connectivity index (χ2v) is 12.1. The van der Waals surface area contributed by atoms with E-state index in [1.165, 1.54) is 34.9 Å². The molecule has 3 heterocycles. The van der Waals surface area contributed by atoms with E-state index in [0.29, 0.717) is 45.8 Å². The van der Waals surface area contributed by atoms with Crippen molar-refractivity contribution < 1.29 is 27.1 Å². The van der Waals surface area contributed by atoms with Gasteiger partial charge in [0.15, 0.2) is 5.13 Å². The number of carbonyl (C=O) groups excluding carboxylic acids is 1. The Hall–Kier alpha value is -3.12. The van der Waals surface area contributed by atoms with Gasteiger partial charge >= 0.3 is 0 Å². The number of hydrogen-bond acceptors (Lipinski definition) is 8. The van der Waals surface area contributed by atoms with Gasteiger partial charge in [-0.1, -0.05) is 22.9 Å². The molecule has 200 valence electrons. The number of hydrogen-bond donors (Lipinski definition) is 0. The third-order valence-electron chi connectivity index (χ3n) is 6.56. The molecular weight excluding hydrogens is 550 g/mol. The fourth-order valence-corrected chi connectivity index (χ4v) is 7.21. The zero-order chi connectivity index (χ0) is 26.9. The molecule has 0 spiro atoms. The first kappa shape index (κ1) is 26.5. The first-order valence-electron chi connectivity index (χ1n) is 11.9. The molecule has 1 saturated heterocycles. The normalized spacial score (nSPS) is 15.0. The number of furan rings is 1. The van der Waals surface area contributed by atoms with E-state index in [1.54, 1.807) is 54.7 Å². The topological polar surface area (TPSA) is 102 Å². The Morgan fingerprint density at radius 2 is 1.87 bits per heavy atom. The molecule has 12 heteroatoms. The lowest BCUT2D eigenvalue weighted by atomic mass is 9.96. The van der Waals surface area contributed by atoms with Crippen LogP contribution in [0, 0.1) is 5.92 Å². The van der Waals surface area contributed by atoms with Crippen LogP contribution in [-0.2, 0) is 21.4 Å². The molecule has 5 rings (SSSR count). The molecule has 1 fully saturated rings. The molecule has 1 aliphatic heterocycles. The van der Waals surface area contributed by atoms with Crippen molar-refractivity contribution in [3.8, 4) is 11.5 Å². The number of piperidine rings is 1. The minimum Gasteiger partial charge on any atom is -0.497 e.